The van der Waals surface area contributed by atoms with Crippen LogP contribution in [0.1, 0.15) is 78.4 Å². The molecule has 0 spiro atoms. The zero-order chi connectivity index (χ0) is 42.9. The van der Waals surface area contributed by atoms with Gasteiger partial charge >= 0.3 is 0 Å². The number of hydrogen-bond donors (Lipinski definition) is 0. The molecule has 0 amide bonds. The van der Waals surface area contributed by atoms with Crippen LogP contribution in [0.25, 0.3) is 21.5 Å². The van der Waals surface area contributed by atoms with Gasteiger partial charge in [-0.1, -0.05) is 169 Å². The van der Waals surface area contributed by atoms with Crippen LogP contribution in [-0.4, -0.2) is 25.4 Å². The van der Waals surface area contributed by atoms with Gasteiger partial charge in [0.1, 0.15) is 11.5 Å². The third kappa shape index (κ3) is 7.82. The molecule has 0 heterocycles. The predicted molar refractivity (Wildman–Crippen MR) is 266 cm³/mol. The molecule has 4 aromatic rings. The van der Waals surface area contributed by atoms with Crippen LogP contribution in [0.4, 0.5) is 0 Å². The normalized spacial score (nSPS) is 22.0. The van der Waals surface area contributed by atoms with Gasteiger partial charge in [-0.2, -0.15) is 0 Å². The van der Waals surface area contributed by atoms with Gasteiger partial charge in [0.25, 0.3) is 0 Å². The topological polar surface area (TPSA) is 18.5 Å². The number of allylic oxidation sites excluding steroid dienone is 16. The van der Waals surface area contributed by atoms with Gasteiger partial charge in [0.2, 0.25) is 16.6 Å². The summed E-state index contributed by atoms with van der Waals surface area (Å²) in [5, 5.41) is 5.31. The molecule has 60 heavy (non-hydrogen) atoms. The van der Waals surface area contributed by atoms with E-state index >= 15 is 0 Å². The molecular weight excluding hydrogens is 777 g/mol. The Morgan fingerprint density at radius 1 is 0.483 bits per heavy atom. The van der Waals surface area contributed by atoms with Crippen LogP contribution in [0.2, 0.25) is 53.9 Å². The second-order valence-corrected chi connectivity index (χ2v) is 33.0. The largest absolute Gasteiger partial charge is 0.543 e. The Kier molecular flexibility index (Phi) is 10.9. The second kappa shape index (κ2) is 15.5. The van der Waals surface area contributed by atoms with Crippen LogP contribution < -0.4 is 8.85 Å². The maximum absolute atomic E-state index is 6.69. The molecule has 4 atom stereocenters. The van der Waals surface area contributed by atoms with Gasteiger partial charge in [-0.3, -0.25) is 0 Å². The van der Waals surface area contributed by atoms with Crippen LogP contribution in [0.3, 0.4) is 0 Å². The number of rotatable bonds is 8. The highest BCUT2D eigenvalue weighted by Crippen LogP contribution is 2.54. The molecule has 0 fully saturated rings. The van der Waals surface area contributed by atoms with Gasteiger partial charge in [-0.25, -0.2) is 0 Å². The maximum atomic E-state index is 6.69. The minimum absolute atomic E-state index is 0.157. The summed E-state index contributed by atoms with van der Waals surface area (Å²) in [5.74, 6) is 2.39. The van der Waals surface area contributed by atoms with Crippen molar-refractivity contribution in [2.24, 2.45) is 0 Å². The molecule has 0 N–H and O–H groups in total. The van der Waals surface area contributed by atoms with Crippen molar-refractivity contribution in [3.8, 4) is 11.5 Å². The number of benzene rings is 4. The standard InChI is InChI=1S/C55H65O2Si3/c1-36-30-50-46(42-24-22-40-34-44(28-26-38(40)32-42)56-59(10,11)54(3,4)5)18-14-16-20-48(50)52(36)58(9)53-37(2)31-51-47(19-15-17-21-49(51)53)43-25-23-41-35-45(29-27-39(41)33-43)57-60(12,13)55(6,7)8/h14-35,46-47,52-53H,1-13H3. The highest BCUT2D eigenvalue weighted by Gasteiger charge is 2.42. The van der Waals surface area contributed by atoms with Crippen LogP contribution in [0.5, 0.6) is 11.5 Å². The van der Waals surface area contributed by atoms with Crippen molar-refractivity contribution in [2.75, 3.05) is 0 Å². The van der Waals surface area contributed by atoms with E-state index in [9.17, 15) is 0 Å². The molecular formula is C55H65O2Si3. The van der Waals surface area contributed by atoms with E-state index in [1.807, 2.05) is 0 Å². The summed E-state index contributed by atoms with van der Waals surface area (Å²) in [6, 6.07) is 27.4. The summed E-state index contributed by atoms with van der Waals surface area (Å²) in [5.41, 5.74) is 12.5. The Morgan fingerprint density at radius 3 is 1.23 bits per heavy atom. The van der Waals surface area contributed by atoms with Crippen molar-refractivity contribution in [3.63, 3.8) is 0 Å². The molecule has 1 radical (unpaired) electrons. The first-order chi connectivity index (χ1) is 28.2. The van der Waals surface area contributed by atoms with E-state index in [2.05, 4.69) is 222 Å². The van der Waals surface area contributed by atoms with Crippen molar-refractivity contribution in [3.05, 3.63) is 178 Å². The first-order valence-corrected chi connectivity index (χ1v) is 30.0. The molecule has 4 aliphatic carbocycles. The zero-order valence-electron chi connectivity index (χ0n) is 38.3. The van der Waals surface area contributed by atoms with E-state index in [0.717, 1.165) is 11.5 Å². The molecule has 0 saturated carbocycles. The minimum atomic E-state index is -1.92. The van der Waals surface area contributed by atoms with Crippen molar-refractivity contribution in [2.45, 2.75) is 121 Å². The summed E-state index contributed by atoms with van der Waals surface area (Å²) in [6.45, 7) is 30.4. The van der Waals surface area contributed by atoms with E-state index in [1.54, 1.807) is 0 Å². The summed E-state index contributed by atoms with van der Waals surface area (Å²) < 4.78 is 13.4. The fraction of sp³-hybridized carbons (Fsp3) is 0.345. The lowest BCUT2D eigenvalue weighted by Gasteiger charge is -2.36. The number of hydrogen-bond acceptors (Lipinski definition) is 2. The zero-order valence-corrected chi connectivity index (χ0v) is 41.3. The SMILES string of the molecule is CC1=CC2=C(C=CC=CC2c2ccc3cc(O[Si](C)(C)C(C)(C)C)ccc3c2)C1[Si](C)C1C(C)=CC2=C1C=CC=CC2c1ccc2cc(O[Si](C)(C)C(C)(C)C)ccc2c1. The minimum Gasteiger partial charge on any atom is -0.543 e. The van der Waals surface area contributed by atoms with E-state index in [-0.39, 0.29) is 21.9 Å². The van der Waals surface area contributed by atoms with Gasteiger partial charge in [0.15, 0.2) is 0 Å². The molecule has 0 saturated heterocycles. The van der Waals surface area contributed by atoms with Gasteiger partial charge in [0.05, 0.1) is 8.80 Å². The van der Waals surface area contributed by atoms with Crippen molar-refractivity contribution in [1.29, 1.82) is 0 Å². The van der Waals surface area contributed by atoms with Gasteiger partial charge in [0, 0.05) is 11.8 Å². The van der Waals surface area contributed by atoms with Crippen LogP contribution >= 0.6 is 0 Å². The average Bonchev–Trinajstić information content (AvgIpc) is 3.48. The summed E-state index contributed by atoms with van der Waals surface area (Å²) in [7, 11) is -4.83. The van der Waals surface area contributed by atoms with Gasteiger partial charge in [-0.15, -0.1) is 0 Å². The predicted octanol–water partition coefficient (Wildman–Crippen LogP) is 16.3. The third-order valence-corrected chi connectivity index (χ3v) is 26.7. The maximum Gasteiger partial charge on any atom is 0.250 e. The summed E-state index contributed by atoms with van der Waals surface area (Å²) in [6.07, 6.45) is 23.8. The molecule has 0 aliphatic heterocycles. The lowest BCUT2D eigenvalue weighted by atomic mass is 9.88. The third-order valence-electron chi connectivity index (χ3n) is 14.7. The smallest absolute Gasteiger partial charge is 0.250 e. The van der Waals surface area contributed by atoms with Gasteiger partial charge in [-0.05, 0) is 140 Å². The molecule has 2 nitrogen and oxygen atoms in total. The quantitative estimate of drug-likeness (QED) is 0.165. The van der Waals surface area contributed by atoms with Crippen LogP contribution in [-0.2, 0) is 0 Å². The van der Waals surface area contributed by atoms with E-state index in [4.69, 9.17) is 8.85 Å². The summed E-state index contributed by atoms with van der Waals surface area (Å²) >= 11 is 0. The fourth-order valence-corrected chi connectivity index (χ4v) is 14.8. The first kappa shape index (κ1) is 42.3. The van der Waals surface area contributed by atoms with Crippen molar-refractivity contribution < 1.29 is 8.85 Å². The Labute approximate surface area is 364 Å². The molecule has 4 aromatic carbocycles. The second-order valence-electron chi connectivity index (χ2n) is 20.9. The molecule has 8 rings (SSSR count). The molecule has 4 unspecified atom stereocenters. The molecule has 4 aliphatic rings. The molecule has 5 heteroatoms. The van der Waals surface area contributed by atoms with E-state index in [1.165, 1.54) is 66.1 Å². The lowest BCUT2D eigenvalue weighted by molar-refractivity contribution is 0.492. The number of fused-ring (bicyclic) bond motifs is 2. The van der Waals surface area contributed by atoms with E-state index < -0.39 is 25.4 Å². The summed E-state index contributed by atoms with van der Waals surface area (Å²) in [4.78, 5) is 0. The Bertz CT molecular complexity index is 2450. The Morgan fingerprint density at radius 2 is 0.850 bits per heavy atom. The van der Waals surface area contributed by atoms with E-state index in [0.29, 0.717) is 11.1 Å². The average molecular weight is 842 g/mol. The lowest BCUT2D eigenvalue weighted by Crippen LogP contribution is -2.43. The van der Waals surface area contributed by atoms with Crippen LogP contribution in [0, 0.1) is 0 Å². The van der Waals surface area contributed by atoms with Crippen LogP contribution in [0.15, 0.2) is 167 Å². The van der Waals surface area contributed by atoms with Gasteiger partial charge < -0.3 is 8.85 Å². The highest BCUT2D eigenvalue weighted by atomic mass is 28.4. The monoisotopic (exact) mass is 841 g/mol. The Hall–Kier alpha value is -4.43. The van der Waals surface area contributed by atoms with Crippen molar-refractivity contribution >= 4 is 47.0 Å². The Balaban J connectivity index is 1.07. The highest BCUT2D eigenvalue weighted by molar-refractivity contribution is 6.75. The molecule has 0 aromatic heterocycles. The first-order valence-electron chi connectivity index (χ1n) is 22.1. The molecule has 0 bridgehead atoms. The molecule has 309 valence electrons. The van der Waals surface area contributed by atoms with Crippen molar-refractivity contribution in [1.82, 2.24) is 0 Å². The fourth-order valence-electron chi connectivity index (χ4n) is 9.30.